The summed E-state index contributed by atoms with van der Waals surface area (Å²) < 4.78 is 6.00. The number of hydrogen-bond acceptors (Lipinski definition) is 5. The van der Waals surface area contributed by atoms with Gasteiger partial charge in [-0.25, -0.2) is 0 Å². The van der Waals surface area contributed by atoms with Crippen LogP contribution in [0.1, 0.15) is 52.9 Å². The molecule has 0 saturated carbocycles. The van der Waals surface area contributed by atoms with Crippen molar-refractivity contribution >= 4 is 17.0 Å². The summed E-state index contributed by atoms with van der Waals surface area (Å²) in [5.41, 5.74) is 0.703. The molecule has 21 heavy (non-hydrogen) atoms. The van der Waals surface area contributed by atoms with E-state index in [-0.39, 0.29) is 6.10 Å². The van der Waals surface area contributed by atoms with Gasteiger partial charge in [-0.15, -0.1) is 0 Å². The van der Waals surface area contributed by atoms with E-state index in [1.807, 2.05) is 6.92 Å². The Balaban J connectivity index is 2.04. The number of aromatic amines is 1. The standard InChI is InChI=1S/C15H25N5O/c1-4-6-7-8-9-11(3)21-14-12-10-17-20-13(12)18-15(19-14)16-5-2/h10-11H,4-9H2,1-3H3,(H2,16,17,18,19,20). The normalized spacial score (nSPS) is 12.5. The molecule has 6 heteroatoms. The average molecular weight is 291 g/mol. The summed E-state index contributed by atoms with van der Waals surface area (Å²) in [6, 6.07) is 0. The Morgan fingerprint density at radius 1 is 1.24 bits per heavy atom. The van der Waals surface area contributed by atoms with Crippen LogP contribution in [0, 0.1) is 0 Å². The van der Waals surface area contributed by atoms with Gasteiger partial charge in [0.05, 0.1) is 12.3 Å². The molecule has 2 rings (SSSR count). The van der Waals surface area contributed by atoms with Gasteiger partial charge in [-0.3, -0.25) is 5.10 Å². The Labute approximate surface area is 125 Å². The van der Waals surface area contributed by atoms with Gasteiger partial charge in [0.15, 0.2) is 5.65 Å². The molecule has 2 aromatic rings. The molecule has 0 aromatic carbocycles. The predicted molar refractivity (Wildman–Crippen MR) is 84.7 cm³/mol. The Bertz CT molecular complexity index is 554. The van der Waals surface area contributed by atoms with E-state index in [0.717, 1.165) is 18.4 Å². The molecule has 2 aromatic heterocycles. The Hall–Kier alpha value is -1.85. The van der Waals surface area contributed by atoms with Gasteiger partial charge in [0.25, 0.3) is 0 Å². The molecule has 1 unspecified atom stereocenters. The number of rotatable bonds is 9. The molecule has 0 radical (unpaired) electrons. The lowest BCUT2D eigenvalue weighted by Crippen LogP contribution is -2.14. The zero-order valence-corrected chi connectivity index (χ0v) is 13.1. The number of anilines is 1. The number of nitrogens with zero attached hydrogens (tertiary/aromatic N) is 3. The second kappa shape index (κ2) is 7.81. The third-order valence-corrected chi connectivity index (χ3v) is 3.39. The van der Waals surface area contributed by atoms with Crippen molar-refractivity contribution in [2.45, 2.75) is 59.0 Å². The van der Waals surface area contributed by atoms with E-state index in [4.69, 9.17) is 4.74 Å². The maximum absolute atomic E-state index is 6.00. The average Bonchev–Trinajstić information content (AvgIpc) is 2.92. The second-order valence-electron chi connectivity index (χ2n) is 5.29. The smallest absolute Gasteiger partial charge is 0.229 e. The number of ether oxygens (including phenoxy) is 1. The zero-order valence-electron chi connectivity index (χ0n) is 13.1. The topological polar surface area (TPSA) is 75.7 Å². The molecular formula is C15H25N5O. The van der Waals surface area contributed by atoms with Crippen molar-refractivity contribution in [3.63, 3.8) is 0 Å². The fourth-order valence-corrected chi connectivity index (χ4v) is 2.24. The van der Waals surface area contributed by atoms with Crippen LogP contribution < -0.4 is 10.1 Å². The van der Waals surface area contributed by atoms with Gasteiger partial charge in [0, 0.05) is 6.54 Å². The zero-order chi connectivity index (χ0) is 15.1. The number of fused-ring (bicyclic) bond motifs is 1. The van der Waals surface area contributed by atoms with Crippen LogP contribution >= 0.6 is 0 Å². The van der Waals surface area contributed by atoms with Crippen molar-refractivity contribution in [1.82, 2.24) is 20.2 Å². The lowest BCUT2D eigenvalue weighted by Gasteiger charge is -2.15. The third kappa shape index (κ3) is 4.31. The van der Waals surface area contributed by atoms with Gasteiger partial charge >= 0.3 is 0 Å². The van der Waals surface area contributed by atoms with Crippen LogP contribution in [0.2, 0.25) is 0 Å². The lowest BCUT2D eigenvalue weighted by atomic mass is 10.1. The van der Waals surface area contributed by atoms with Crippen molar-refractivity contribution < 1.29 is 4.74 Å². The largest absolute Gasteiger partial charge is 0.474 e. The number of nitrogens with one attached hydrogen (secondary N) is 2. The van der Waals surface area contributed by atoms with Crippen LogP contribution in [0.5, 0.6) is 5.88 Å². The van der Waals surface area contributed by atoms with Crippen LogP contribution in [-0.2, 0) is 0 Å². The minimum atomic E-state index is 0.143. The van der Waals surface area contributed by atoms with Gasteiger partial charge < -0.3 is 10.1 Å². The summed E-state index contributed by atoms with van der Waals surface area (Å²) in [5.74, 6) is 1.18. The van der Waals surface area contributed by atoms with Crippen molar-refractivity contribution in [3.8, 4) is 5.88 Å². The van der Waals surface area contributed by atoms with Crippen LogP contribution in [0.4, 0.5) is 5.95 Å². The second-order valence-corrected chi connectivity index (χ2v) is 5.29. The number of unbranched alkanes of at least 4 members (excludes halogenated alkanes) is 3. The lowest BCUT2D eigenvalue weighted by molar-refractivity contribution is 0.201. The summed E-state index contributed by atoms with van der Waals surface area (Å²) >= 11 is 0. The van der Waals surface area contributed by atoms with E-state index in [2.05, 4.69) is 39.3 Å². The van der Waals surface area contributed by atoms with E-state index < -0.39 is 0 Å². The van der Waals surface area contributed by atoms with Crippen LogP contribution in [0.15, 0.2) is 6.20 Å². The fourth-order valence-electron chi connectivity index (χ4n) is 2.24. The molecule has 0 bridgehead atoms. The molecule has 0 aliphatic heterocycles. The van der Waals surface area contributed by atoms with Gasteiger partial charge in [-0.1, -0.05) is 26.2 Å². The first-order chi connectivity index (χ1) is 10.2. The number of hydrogen-bond donors (Lipinski definition) is 2. The first-order valence-corrected chi connectivity index (χ1v) is 7.86. The van der Waals surface area contributed by atoms with E-state index >= 15 is 0 Å². The molecule has 0 amide bonds. The highest BCUT2D eigenvalue weighted by molar-refractivity contribution is 5.80. The fraction of sp³-hybridized carbons (Fsp3) is 0.667. The summed E-state index contributed by atoms with van der Waals surface area (Å²) in [4.78, 5) is 8.80. The first kappa shape index (κ1) is 15.5. The summed E-state index contributed by atoms with van der Waals surface area (Å²) in [5, 5.41) is 10.8. The third-order valence-electron chi connectivity index (χ3n) is 3.39. The summed E-state index contributed by atoms with van der Waals surface area (Å²) in [6.07, 6.45) is 7.89. The molecule has 2 heterocycles. The minimum Gasteiger partial charge on any atom is -0.474 e. The van der Waals surface area contributed by atoms with Crippen LogP contribution in [0.3, 0.4) is 0 Å². The van der Waals surface area contributed by atoms with Crippen LogP contribution in [-0.4, -0.2) is 32.8 Å². The Morgan fingerprint density at radius 3 is 2.86 bits per heavy atom. The highest BCUT2D eigenvalue weighted by Crippen LogP contribution is 2.24. The highest BCUT2D eigenvalue weighted by atomic mass is 16.5. The molecule has 6 nitrogen and oxygen atoms in total. The highest BCUT2D eigenvalue weighted by Gasteiger charge is 2.13. The number of aromatic nitrogens is 4. The van der Waals surface area contributed by atoms with Crippen molar-refractivity contribution in [2.24, 2.45) is 0 Å². The maximum atomic E-state index is 6.00. The van der Waals surface area contributed by atoms with E-state index in [1.54, 1.807) is 6.20 Å². The minimum absolute atomic E-state index is 0.143. The summed E-state index contributed by atoms with van der Waals surface area (Å²) in [7, 11) is 0. The molecule has 116 valence electrons. The Morgan fingerprint density at radius 2 is 2.10 bits per heavy atom. The molecule has 0 aliphatic carbocycles. The number of H-pyrrole nitrogens is 1. The Kier molecular flexibility index (Phi) is 5.78. The van der Waals surface area contributed by atoms with E-state index in [1.165, 1.54) is 25.7 Å². The van der Waals surface area contributed by atoms with E-state index in [0.29, 0.717) is 17.5 Å². The molecule has 0 saturated heterocycles. The maximum Gasteiger partial charge on any atom is 0.229 e. The molecule has 0 spiro atoms. The van der Waals surface area contributed by atoms with Crippen LogP contribution in [0.25, 0.3) is 11.0 Å². The monoisotopic (exact) mass is 291 g/mol. The van der Waals surface area contributed by atoms with E-state index in [9.17, 15) is 0 Å². The first-order valence-electron chi connectivity index (χ1n) is 7.86. The quantitative estimate of drug-likeness (QED) is 0.691. The molecular weight excluding hydrogens is 266 g/mol. The SMILES string of the molecule is CCCCCCC(C)Oc1nc(NCC)nc2[nH]ncc12. The van der Waals surface area contributed by atoms with Gasteiger partial charge in [0.2, 0.25) is 11.8 Å². The molecule has 0 aliphatic rings. The molecule has 0 fully saturated rings. The van der Waals surface area contributed by atoms with Crippen molar-refractivity contribution in [1.29, 1.82) is 0 Å². The van der Waals surface area contributed by atoms with Crippen molar-refractivity contribution in [2.75, 3.05) is 11.9 Å². The molecule has 1 atom stereocenters. The van der Waals surface area contributed by atoms with Gasteiger partial charge in [-0.05, 0) is 26.7 Å². The molecule has 2 N–H and O–H groups in total. The van der Waals surface area contributed by atoms with Crippen molar-refractivity contribution in [3.05, 3.63) is 6.20 Å². The van der Waals surface area contributed by atoms with Gasteiger partial charge in [-0.2, -0.15) is 15.1 Å². The summed E-state index contributed by atoms with van der Waals surface area (Å²) in [6.45, 7) is 7.09. The predicted octanol–water partition coefficient (Wildman–Crippen LogP) is 3.52. The van der Waals surface area contributed by atoms with Gasteiger partial charge in [0.1, 0.15) is 5.39 Å².